The molecule has 1 aliphatic heterocycles. The molecule has 0 bridgehead atoms. The first-order valence-corrected chi connectivity index (χ1v) is 9.80. The van der Waals surface area contributed by atoms with Crippen LogP contribution in [0, 0.1) is 0 Å². The molecular formula is C21H24BrNO3. The lowest BCUT2D eigenvalue weighted by Crippen LogP contribution is -2.45. The second-order valence-corrected chi connectivity index (χ2v) is 7.51. The number of para-hydroxylation sites is 1. The van der Waals surface area contributed by atoms with Gasteiger partial charge in [-0.1, -0.05) is 48.0 Å². The van der Waals surface area contributed by atoms with E-state index in [1.807, 2.05) is 48.5 Å². The third kappa shape index (κ3) is 4.21. The van der Waals surface area contributed by atoms with E-state index in [2.05, 4.69) is 35.1 Å². The summed E-state index contributed by atoms with van der Waals surface area (Å²) in [6.07, 6.45) is 2.57. The summed E-state index contributed by atoms with van der Waals surface area (Å²) in [5, 5.41) is 3.13. The van der Waals surface area contributed by atoms with E-state index in [1.54, 1.807) is 0 Å². The van der Waals surface area contributed by atoms with Crippen LogP contribution in [0.2, 0.25) is 0 Å². The summed E-state index contributed by atoms with van der Waals surface area (Å²) in [6.45, 7) is 4.26. The van der Waals surface area contributed by atoms with Crippen LogP contribution in [0.25, 0.3) is 0 Å². The van der Waals surface area contributed by atoms with Crippen molar-refractivity contribution in [3.05, 3.63) is 58.6 Å². The molecule has 0 fully saturated rings. The molecule has 1 aliphatic rings. The van der Waals surface area contributed by atoms with Crippen LogP contribution in [0.4, 0.5) is 0 Å². The molecule has 3 rings (SSSR count). The SMILES string of the molecule is CCC1(CC)C[C@H](NC(=O)COc2ccc(Br)cc2)c2ccccc2O1. The van der Waals surface area contributed by atoms with Crippen molar-refractivity contribution in [3.63, 3.8) is 0 Å². The molecule has 0 saturated heterocycles. The largest absolute Gasteiger partial charge is 0.487 e. The normalized spacial score (nSPS) is 17.7. The molecule has 0 spiro atoms. The highest BCUT2D eigenvalue weighted by Gasteiger charge is 2.38. The molecular weight excluding hydrogens is 394 g/mol. The van der Waals surface area contributed by atoms with Crippen LogP contribution in [-0.4, -0.2) is 18.1 Å². The summed E-state index contributed by atoms with van der Waals surface area (Å²) in [4.78, 5) is 12.5. The molecule has 0 saturated carbocycles. The summed E-state index contributed by atoms with van der Waals surface area (Å²) in [5.74, 6) is 1.41. The molecule has 4 nitrogen and oxygen atoms in total. The van der Waals surface area contributed by atoms with Crippen molar-refractivity contribution in [1.29, 1.82) is 0 Å². The highest BCUT2D eigenvalue weighted by atomic mass is 79.9. The average molecular weight is 418 g/mol. The highest BCUT2D eigenvalue weighted by molar-refractivity contribution is 9.10. The first-order chi connectivity index (χ1) is 12.5. The number of rotatable bonds is 6. The van der Waals surface area contributed by atoms with Crippen molar-refractivity contribution in [2.45, 2.75) is 44.8 Å². The minimum Gasteiger partial charge on any atom is -0.487 e. The lowest BCUT2D eigenvalue weighted by atomic mass is 9.83. The predicted octanol–water partition coefficient (Wildman–Crippen LogP) is 5.03. The van der Waals surface area contributed by atoms with Gasteiger partial charge in [-0.3, -0.25) is 4.79 Å². The van der Waals surface area contributed by atoms with Crippen LogP contribution in [0.5, 0.6) is 11.5 Å². The average Bonchev–Trinajstić information content (AvgIpc) is 2.67. The van der Waals surface area contributed by atoms with E-state index in [0.29, 0.717) is 5.75 Å². The van der Waals surface area contributed by atoms with Gasteiger partial charge < -0.3 is 14.8 Å². The zero-order chi connectivity index (χ0) is 18.6. The second-order valence-electron chi connectivity index (χ2n) is 6.60. The zero-order valence-corrected chi connectivity index (χ0v) is 16.7. The minimum absolute atomic E-state index is 0.00753. The Labute approximate surface area is 163 Å². The Bertz CT molecular complexity index is 756. The first kappa shape index (κ1) is 18.8. The fourth-order valence-electron chi connectivity index (χ4n) is 3.35. The first-order valence-electron chi connectivity index (χ1n) is 9.01. The van der Waals surface area contributed by atoms with Crippen molar-refractivity contribution in [2.24, 2.45) is 0 Å². The molecule has 0 unspecified atom stereocenters. The lowest BCUT2D eigenvalue weighted by Gasteiger charge is -2.41. The third-order valence-corrected chi connectivity index (χ3v) is 5.53. The molecule has 5 heteroatoms. The van der Waals surface area contributed by atoms with Crippen molar-refractivity contribution >= 4 is 21.8 Å². The van der Waals surface area contributed by atoms with Gasteiger partial charge in [-0.25, -0.2) is 0 Å². The van der Waals surface area contributed by atoms with Gasteiger partial charge in [0.2, 0.25) is 0 Å². The fourth-order valence-corrected chi connectivity index (χ4v) is 3.61. The molecule has 2 aromatic rings. The number of carbonyl (C=O) groups is 1. The van der Waals surface area contributed by atoms with E-state index < -0.39 is 0 Å². The van der Waals surface area contributed by atoms with Gasteiger partial charge >= 0.3 is 0 Å². The highest BCUT2D eigenvalue weighted by Crippen LogP contribution is 2.42. The van der Waals surface area contributed by atoms with E-state index in [9.17, 15) is 4.79 Å². The standard InChI is InChI=1S/C21H24BrNO3/c1-3-21(4-2)13-18(17-7-5-6-8-19(17)26-21)23-20(24)14-25-16-11-9-15(22)10-12-16/h5-12,18H,3-4,13-14H2,1-2H3,(H,23,24)/t18-/m0/s1. The number of benzene rings is 2. The minimum atomic E-state index is -0.237. The number of carbonyl (C=O) groups excluding carboxylic acids is 1. The Hall–Kier alpha value is -2.01. The number of nitrogens with one attached hydrogen (secondary N) is 1. The Balaban J connectivity index is 1.69. The molecule has 1 N–H and O–H groups in total. The molecule has 1 atom stereocenters. The van der Waals surface area contributed by atoms with Crippen molar-refractivity contribution in [2.75, 3.05) is 6.61 Å². The number of ether oxygens (including phenoxy) is 2. The molecule has 1 heterocycles. The van der Waals surface area contributed by atoms with Gasteiger partial charge in [-0.15, -0.1) is 0 Å². The van der Waals surface area contributed by atoms with Crippen LogP contribution in [0.15, 0.2) is 53.0 Å². The van der Waals surface area contributed by atoms with Crippen LogP contribution in [-0.2, 0) is 4.79 Å². The van der Waals surface area contributed by atoms with Crippen molar-refractivity contribution < 1.29 is 14.3 Å². The van der Waals surface area contributed by atoms with Crippen LogP contribution in [0.1, 0.15) is 44.7 Å². The maximum Gasteiger partial charge on any atom is 0.258 e. The summed E-state index contributed by atoms with van der Waals surface area (Å²) in [6, 6.07) is 15.3. The summed E-state index contributed by atoms with van der Waals surface area (Å²) < 4.78 is 12.9. The predicted molar refractivity (Wildman–Crippen MR) is 106 cm³/mol. The summed E-state index contributed by atoms with van der Waals surface area (Å²) >= 11 is 3.38. The number of amides is 1. The van der Waals surface area contributed by atoms with Crippen molar-refractivity contribution in [3.8, 4) is 11.5 Å². The van der Waals surface area contributed by atoms with E-state index in [1.165, 1.54) is 0 Å². The number of fused-ring (bicyclic) bond motifs is 1. The maximum atomic E-state index is 12.5. The molecule has 138 valence electrons. The Morgan fingerprint density at radius 1 is 1.19 bits per heavy atom. The van der Waals surface area contributed by atoms with E-state index in [0.717, 1.165) is 35.0 Å². The van der Waals surface area contributed by atoms with Crippen LogP contribution < -0.4 is 14.8 Å². The van der Waals surface area contributed by atoms with Gasteiger partial charge in [0.1, 0.15) is 17.1 Å². The molecule has 1 amide bonds. The van der Waals surface area contributed by atoms with E-state index in [4.69, 9.17) is 9.47 Å². The summed E-state index contributed by atoms with van der Waals surface area (Å²) in [7, 11) is 0. The van der Waals surface area contributed by atoms with E-state index >= 15 is 0 Å². The maximum absolute atomic E-state index is 12.5. The van der Waals surface area contributed by atoms with Gasteiger partial charge in [-0.05, 0) is 43.2 Å². The second kappa shape index (κ2) is 8.12. The zero-order valence-electron chi connectivity index (χ0n) is 15.1. The number of hydrogen-bond donors (Lipinski definition) is 1. The van der Waals surface area contributed by atoms with Gasteiger partial charge in [0, 0.05) is 16.5 Å². The number of hydrogen-bond acceptors (Lipinski definition) is 3. The molecule has 26 heavy (non-hydrogen) atoms. The van der Waals surface area contributed by atoms with Gasteiger partial charge in [-0.2, -0.15) is 0 Å². The van der Waals surface area contributed by atoms with Crippen LogP contribution in [0.3, 0.4) is 0 Å². The van der Waals surface area contributed by atoms with Gasteiger partial charge in [0.05, 0.1) is 6.04 Å². The topological polar surface area (TPSA) is 47.6 Å². The Morgan fingerprint density at radius 3 is 2.58 bits per heavy atom. The summed E-state index contributed by atoms with van der Waals surface area (Å²) in [5.41, 5.74) is 0.792. The fraction of sp³-hybridized carbons (Fsp3) is 0.381. The van der Waals surface area contributed by atoms with Gasteiger partial charge in [0.15, 0.2) is 6.61 Å². The Morgan fingerprint density at radius 2 is 1.88 bits per heavy atom. The van der Waals surface area contributed by atoms with E-state index in [-0.39, 0.29) is 24.2 Å². The van der Waals surface area contributed by atoms with Gasteiger partial charge in [0.25, 0.3) is 5.91 Å². The molecule has 2 aromatic carbocycles. The molecule has 0 aromatic heterocycles. The quantitative estimate of drug-likeness (QED) is 0.716. The lowest BCUT2D eigenvalue weighted by molar-refractivity contribution is -0.124. The van der Waals surface area contributed by atoms with Crippen LogP contribution >= 0.6 is 15.9 Å². The smallest absolute Gasteiger partial charge is 0.258 e. The number of halogens is 1. The van der Waals surface area contributed by atoms with Crippen molar-refractivity contribution in [1.82, 2.24) is 5.32 Å². The Kier molecular flexibility index (Phi) is 5.87. The monoisotopic (exact) mass is 417 g/mol. The molecule has 0 radical (unpaired) electrons. The molecule has 0 aliphatic carbocycles. The third-order valence-electron chi connectivity index (χ3n) is 5.00.